The summed E-state index contributed by atoms with van der Waals surface area (Å²) in [7, 11) is 0. The Balaban J connectivity index is 1.56. The largest absolute Gasteiger partial charge is 0.457 e. The molecule has 0 aliphatic heterocycles. The third-order valence-corrected chi connectivity index (χ3v) is 3.77. The molecule has 5 nitrogen and oxygen atoms in total. The number of benzene rings is 3. The van der Waals surface area contributed by atoms with Gasteiger partial charge in [-0.25, -0.2) is 4.98 Å². The minimum atomic E-state index is -0.214. The molecule has 0 aliphatic rings. The fraction of sp³-hybridized carbons (Fsp3) is 0. The highest BCUT2D eigenvalue weighted by atomic mass is 16.5. The minimum absolute atomic E-state index is 0.214. The summed E-state index contributed by atoms with van der Waals surface area (Å²) in [5, 5.41) is 2.90. The van der Waals surface area contributed by atoms with Crippen LogP contribution in [0.25, 0.3) is 11.0 Å². The van der Waals surface area contributed by atoms with Crippen LogP contribution in [0.3, 0.4) is 0 Å². The number of aromatic nitrogens is 2. The molecule has 0 spiro atoms. The first kappa shape index (κ1) is 15.0. The quantitative estimate of drug-likeness (QED) is 0.574. The molecule has 0 fully saturated rings. The van der Waals surface area contributed by atoms with Gasteiger partial charge in [0.15, 0.2) is 0 Å². The van der Waals surface area contributed by atoms with E-state index in [4.69, 9.17) is 4.74 Å². The topological polar surface area (TPSA) is 67.0 Å². The van der Waals surface area contributed by atoms with Gasteiger partial charge in [0.1, 0.15) is 17.0 Å². The molecule has 0 unspecified atom stereocenters. The predicted octanol–water partition coefficient (Wildman–Crippen LogP) is 4.61. The van der Waals surface area contributed by atoms with Crippen molar-refractivity contribution in [2.45, 2.75) is 0 Å². The summed E-state index contributed by atoms with van der Waals surface area (Å²) in [6.45, 7) is 0. The number of nitrogens with one attached hydrogen (secondary N) is 2. The number of hydrogen-bond acceptors (Lipinski definition) is 3. The van der Waals surface area contributed by atoms with Crippen LogP contribution in [0, 0.1) is 0 Å². The van der Waals surface area contributed by atoms with Crippen LogP contribution >= 0.6 is 0 Å². The number of para-hydroxylation sites is 2. The molecule has 0 aliphatic carbocycles. The summed E-state index contributed by atoms with van der Waals surface area (Å²) < 4.78 is 5.78. The molecule has 5 heteroatoms. The van der Waals surface area contributed by atoms with E-state index in [1.54, 1.807) is 24.5 Å². The molecule has 25 heavy (non-hydrogen) atoms. The normalized spacial score (nSPS) is 10.6. The Morgan fingerprint density at radius 2 is 1.72 bits per heavy atom. The summed E-state index contributed by atoms with van der Waals surface area (Å²) in [6, 6.07) is 22.1. The summed E-state index contributed by atoms with van der Waals surface area (Å²) in [5.74, 6) is 1.12. The second kappa shape index (κ2) is 6.49. The number of anilines is 1. The second-order valence-corrected chi connectivity index (χ2v) is 5.50. The van der Waals surface area contributed by atoms with E-state index < -0.39 is 0 Å². The Bertz CT molecular complexity index is 1030. The van der Waals surface area contributed by atoms with Crippen LogP contribution in [0.4, 0.5) is 5.69 Å². The van der Waals surface area contributed by atoms with Gasteiger partial charge in [0, 0.05) is 5.56 Å². The number of ether oxygens (including phenoxy) is 1. The van der Waals surface area contributed by atoms with E-state index in [-0.39, 0.29) is 5.91 Å². The lowest BCUT2D eigenvalue weighted by Crippen LogP contribution is -2.12. The first-order valence-corrected chi connectivity index (χ1v) is 7.86. The maximum Gasteiger partial charge on any atom is 0.255 e. The van der Waals surface area contributed by atoms with Gasteiger partial charge in [-0.15, -0.1) is 0 Å². The van der Waals surface area contributed by atoms with Crippen molar-refractivity contribution in [1.29, 1.82) is 0 Å². The molecular weight excluding hydrogens is 314 g/mol. The molecule has 0 bridgehead atoms. The third-order valence-electron chi connectivity index (χ3n) is 3.77. The molecule has 0 radical (unpaired) electrons. The van der Waals surface area contributed by atoms with Gasteiger partial charge in [0.25, 0.3) is 5.91 Å². The average molecular weight is 329 g/mol. The fourth-order valence-electron chi connectivity index (χ4n) is 2.59. The molecule has 4 aromatic rings. The fourth-order valence-corrected chi connectivity index (χ4v) is 2.59. The zero-order valence-corrected chi connectivity index (χ0v) is 13.3. The van der Waals surface area contributed by atoms with Gasteiger partial charge in [-0.3, -0.25) is 4.79 Å². The Hall–Kier alpha value is -3.60. The molecule has 0 atom stereocenters. The third kappa shape index (κ3) is 3.21. The number of amides is 1. The van der Waals surface area contributed by atoms with Crippen LogP contribution in [0.2, 0.25) is 0 Å². The van der Waals surface area contributed by atoms with Crippen molar-refractivity contribution >= 4 is 22.6 Å². The van der Waals surface area contributed by atoms with E-state index in [1.807, 2.05) is 54.6 Å². The summed E-state index contributed by atoms with van der Waals surface area (Å²) in [4.78, 5) is 19.9. The van der Waals surface area contributed by atoms with E-state index in [0.29, 0.717) is 17.0 Å². The molecule has 0 saturated carbocycles. The van der Waals surface area contributed by atoms with Gasteiger partial charge in [0.05, 0.1) is 17.5 Å². The highest BCUT2D eigenvalue weighted by Gasteiger charge is 2.10. The summed E-state index contributed by atoms with van der Waals surface area (Å²) in [5.41, 5.74) is 2.78. The Kier molecular flexibility index (Phi) is 3.88. The van der Waals surface area contributed by atoms with Gasteiger partial charge in [-0.05, 0) is 42.5 Å². The number of aromatic amines is 1. The smallest absolute Gasteiger partial charge is 0.255 e. The molecule has 122 valence electrons. The van der Waals surface area contributed by atoms with Gasteiger partial charge >= 0.3 is 0 Å². The molecule has 0 saturated heterocycles. The lowest BCUT2D eigenvalue weighted by atomic mass is 10.2. The highest BCUT2D eigenvalue weighted by molar-refractivity contribution is 6.08. The van der Waals surface area contributed by atoms with Crippen molar-refractivity contribution in [1.82, 2.24) is 9.97 Å². The van der Waals surface area contributed by atoms with Crippen LogP contribution in [0.5, 0.6) is 11.5 Å². The minimum Gasteiger partial charge on any atom is -0.457 e. The zero-order valence-electron chi connectivity index (χ0n) is 13.3. The average Bonchev–Trinajstić information content (AvgIpc) is 3.13. The van der Waals surface area contributed by atoms with Crippen LogP contribution in [-0.2, 0) is 0 Å². The van der Waals surface area contributed by atoms with Crippen LogP contribution in [-0.4, -0.2) is 15.9 Å². The molecule has 1 amide bonds. The number of nitrogens with zero attached hydrogens (tertiary/aromatic N) is 1. The number of imidazole rings is 1. The van der Waals surface area contributed by atoms with Crippen molar-refractivity contribution in [3.8, 4) is 11.5 Å². The second-order valence-electron chi connectivity index (χ2n) is 5.50. The lowest BCUT2D eigenvalue weighted by Gasteiger charge is -2.09. The molecule has 3 aromatic carbocycles. The van der Waals surface area contributed by atoms with Crippen LogP contribution in [0.15, 0.2) is 79.1 Å². The molecule has 1 heterocycles. The van der Waals surface area contributed by atoms with Crippen molar-refractivity contribution < 1.29 is 9.53 Å². The molecular formula is C20H15N3O2. The Labute approximate surface area is 144 Å². The van der Waals surface area contributed by atoms with Gasteiger partial charge < -0.3 is 15.0 Å². The molecule has 2 N–H and O–H groups in total. The van der Waals surface area contributed by atoms with Gasteiger partial charge in [-0.1, -0.05) is 30.3 Å². The number of carbonyl (C=O) groups excluding carboxylic acids is 1. The number of hydrogen-bond donors (Lipinski definition) is 2. The van der Waals surface area contributed by atoms with E-state index >= 15 is 0 Å². The van der Waals surface area contributed by atoms with E-state index in [2.05, 4.69) is 15.3 Å². The van der Waals surface area contributed by atoms with E-state index in [0.717, 1.165) is 16.8 Å². The maximum atomic E-state index is 12.6. The Morgan fingerprint density at radius 1 is 0.920 bits per heavy atom. The molecule has 1 aromatic heterocycles. The van der Waals surface area contributed by atoms with E-state index in [1.165, 1.54) is 0 Å². The monoisotopic (exact) mass is 329 g/mol. The van der Waals surface area contributed by atoms with Gasteiger partial charge in [-0.2, -0.15) is 0 Å². The lowest BCUT2D eigenvalue weighted by molar-refractivity contribution is 0.102. The van der Waals surface area contributed by atoms with Crippen LogP contribution < -0.4 is 10.1 Å². The highest BCUT2D eigenvalue weighted by Crippen LogP contribution is 2.24. The first-order chi connectivity index (χ1) is 12.3. The van der Waals surface area contributed by atoms with Crippen molar-refractivity contribution in [2.75, 3.05) is 5.32 Å². The van der Waals surface area contributed by atoms with Crippen LogP contribution in [0.1, 0.15) is 10.4 Å². The summed E-state index contributed by atoms with van der Waals surface area (Å²) in [6.07, 6.45) is 1.61. The zero-order chi connectivity index (χ0) is 17.1. The standard InChI is InChI=1S/C20H15N3O2/c24-20(23-18-11-5-10-17-19(18)22-13-21-17)14-6-4-9-16(12-14)25-15-7-2-1-3-8-15/h1-13H,(H,21,22)(H,23,24). The SMILES string of the molecule is O=C(Nc1cccc2[nH]cnc12)c1cccc(Oc2ccccc2)c1. The van der Waals surface area contributed by atoms with Crippen molar-refractivity contribution in [2.24, 2.45) is 0 Å². The maximum absolute atomic E-state index is 12.6. The number of H-pyrrole nitrogens is 1. The van der Waals surface area contributed by atoms with Crippen molar-refractivity contribution in [3.05, 3.63) is 84.7 Å². The number of carbonyl (C=O) groups is 1. The van der Waals surface area contributed by atoms with Gasteiger partial charge in [0.2, 0.25) is 0 Å². The van der Waals surface area contributed by atoms with E-state index in [9.17, 15) is 4.79 Å². The summed E-state index contributed by atoms with van der Waals surface area (Å²) >= 11 is 0. The van der Waals surface area contributed by atoms with Crippen molar-refractivity contribution in [3.63, 3.8) is 0 Å². The first-order valence-electron chi connectivity index (χ1n) is 7.86. The number of rotatable bonds is 4. The Morgan fingerprint density at radius 3 is 2.60 bits per heavy atom. The predicted molar refractivity (Wildman–Crippen MR) is 97.0 cm³/mol. The number of fused-ring (bicyclic) bond motifs is 1. The molecule has 4 rings (SSSR count).